The molecule has 27 heavy (non-hydrogen) atoms. The van der Waals surface area contributed by atoms with Crippen molar-refractivity contribution in [3.8, 4) is 0 Å². The van der Waals surface area contributed by atoms with Crippen LogP contribution in [0.25, 0.3) is 5.65 Å². The van der Waals surface area contributed by atoms with Crippen LogP contribution in [-0.4, -0.2) is 53.4 Å². The van der Waals surface area contributed by atoms with E-state index in [2.05, 4.69) is 25.8 Å². The third kappa shape index (κ3) is 6.91. The Bertz CT molecular complexity index is 696. The summed E-state index contributed by atoms with van der Waals surface area (Å²) < 4.78 is 8.01. The lowest BCUT2D eigenvalue weighted by molar-refractivity contribution is 0.0468. The Morgan fingerprint density at radius 1 is 1.15 bits per heavy atom. The molecule has 0 unspecified atom stereocenters. The van der Waals surface area contributed by atoms with E-state index >= 15 is 0 Å². The first-order valence-electron chi connectivity index (χ1n) is 9.71. The van der Waals surface area contributed by atoms with Crippen molar-refractivity contribution in [2.75, 3.05) is 26.7 Å². The van der Waals surface area contributed by atoms with E-state index in [0.29, 0.717) is 6.10 Å². The van der Waals surface area contributed by atoms with Crippen LogP contribution in [-0.2, 0) is 11.2 Å². The number of aliphatic imine (C=N–C) groups is 1. The van der Waals surface area contributed by atoms with Crippen molar-refractivity contribution in [3.63, 3.8) is 0 Å². The highest BCUT2D eigenvalue weighted by atomic mass is 127. The van der Waals surface area contributed by atoms with E-state index in [-0.39, 0.29) is 24.0 Å². The molecule has 3 rings (SSSR count). The molecule has 0 amide bonds. The summed E-state index contributed by atoms with van der Waals surface area (Å²) >= 11 is 0. The molecular weight excluding hydrogens is 455 g/mol. The number of nitrogens with one attached hydrogen (secondary N) is 2. The Balaban J connectivity index is 0.00000261. The molecule has 1 fully saturated rings. The lowest BCUT2D eigenvalue weighted by Crippen LogP contribution is -2.40. The summed E-state index contributed by atoms with van der Waals surface area (Å²) in [4.78, 5) is 4.26. The predicted octanol–water partition coefficient (Wildman–Crippen LogP) is 2.79. The minimum atomic E-state index is 0. The van der Waals surface area contributed by atoms with Gasteiger partial charge in [0.15, 0.2) is 11.6 Å². The fraction of sp³-hybridized carbons (Fsp3) is 0.632. The van der Waals surface area contributed by atoms with Gasteiger partial charge in [0.25, 0.3) is 0 Å². The molecule has 0 bridgehead atoms. The Kier molecular flexibility index (Phi) is 9.82. The highest BCUT2D eigenvalue weighted by molar-refractivity contribution is 14.0. The van der Waals surface area contributed by atoms with Crippen molar-refractivity contribution >= 4 is 35.6 Å². The van der Waals surface area contributed by atoms with E-state index in [4.69, 9.17) is 4.74 Å². The first kappa shape index (κ1) is 21.9. The van der Waals surface area contributed by atoms with Crippen molar-refractivity contribution in [3.05, 3.63) is 30.2 Å². The molecule has 0 radical (unpaired) electrons. The number of aromatic nitrogens is 3. The lowest BCUT2D eigenvalue weighted by Gasteiger charge is -2.16. The molecule has 2 aromatic heterocycles. The Morgan fingerprint density at radius 2 is 1.93 bits per heavy atom. The largest absolute Gasteiger partial charge is 0.376 e. The van der Waals surface area contributed by atoms with Gasteiger partial charge < -0.3 is 15.4 Å². The molecule has 0 atom stereocenters. The van der Waals surface area contributed by atoms with E-state index in [1.165, 1.54) is 38.5 Å². The number of ether oxygens (including phenoxy) is 1. The van der Waals surface area contributed by atoms with Crippen molar-refractivity contribution < 1.29 is 4.74 Å². The van der Waals surface area contributed by atoms with E-state index in [9.17, 15) is 0 Å². The maximum Gasteiger partial charge on any atom is 0.191 e. The second-order valence-electron chi connectivity index (χ2n) is 6.71. The molecule has 8 heteroatoms. The predicted molar refractivity (Wildman–Crippen MR) is 119 cm³/mol. The van der Waals surface area contributed by atoms with Crippen LogP contribution in [0.1, 0.15) is 44.3 Å². The molecule has 1 aliphatic carbocycles. The molecule has 150 valence electrons. The summed E-state index contributed by atoms with van der Waals surface area (Å²) in [6.07, 6.45) is 10.9. The van der Waals surface area contributed by atoms with Crippen molar-refractivity contribution in [2.24, 2.45) is 4.99 Å². The average molecular weight is 486 g/mol. The van der Waals surface area contributed by atoms with Gasteiger partial charge in [0.05, 0.1) is 12.7 Å². The Morgan fingerprint density at radius 3 is 2.70 bits per heavy atom. The van der Waals surface area contributed by atoms with Crippen molar-refractivity contribution in [1.82, 2.24) is 25.2 Å². The van der Waals surface area contributed by atoms with Gasteiger partial charge >= 0.3 is 0 Å². The quantitative estimate of drug-likeness (QED) is 0.207. The second-order valence-corrected chi connectivity index (χ2v) is 6.71. The molecule has 7 nitrogen and oxygen atoms in total. The van der Waals surface area contributed by atoms with Crippen LogP contribution in [0.5, 0.6) is 0 Å². The van der Waals surface area contributed by atoms with Crippen molar-refractivity contribution in [1.29, 1.82) is 0 Å². The summed E-state index contributed by atoms with van der Waals surface area (Å²) in [6, 6.07) is 5.91. The van der Waals surface area contributed by atoms with Gasteiger partial charge in [-0.15, -0.1) is 34.2 Å². The second kappa shape index (κ2) is 12.1. The van der Waals surface area contributed by atoms with Crippen molar-refractivity contribution in [2.45, 2.75) is 51.0 Å². The van der Waals surface area contributed by atoms with Crippen LogP contribution in [0.2, 0.25) is 0 Å². The molecule has 1 aliphatic rings. The zero-order chi connectivity index (χ0) is 18.0. The summed E-state index contributed by atoms with van der Waals surface area (Å²) in [5.41, 5.74) is 0.876. The van der Waals surface area contributed by atoms with Gasteiger partial charge in [0.2, 0.25) is 0 Å². The van der Waals surface area contributed by atoms with Gasteiger partial charge in [-0.1, -0.05) is 31.7 Å². The first-order chi connectivity index (χ1) is 12.9. The average Bonchev–Trinajstić information content (AvgIpc) is 2.90. The fourth-order valence-corrected chi connectivity index (χ4v) is 3.38. The molecule has 1 saturated carbocycles. The molecule has 2 heterocycles. The minimum Gasteiger partial charge on any atom is -0.376 e. The number of halogens is 1. The van der Waals surface area contributed by atoms with Gasteiger partial charge in [-0.2, -0.15) is 0 Å². The maximum atomic E-state index is 6.00. The third-order valence-corrected chi connectivity index (χ3v) is 4.80. The van der Waals surface area contributed by atoms with Gasteiger partial charge in [0, 0.05) is 32.8 Å². The number of hydrogen-bond acceptors (Lipinski definition) is 4. The van der Waals surface area contributed by atoms with Crippen LogP contribution in [0, 0.1) is 0 Å². The monoisotopic (exact) mass is 486 g/mol. The number of hydrogen-bond donors (Lipinski definition) is 2. The first-order valence-corrected chi connectivity index (χ1v) is 9.71. The Labute approximate surface area is 178 Å². The molecule has 0 saturated heterocycles. The van der Waals surface area contributed by atoms with E-state index in [1.807, 2.05) is 28.8 Å². The topological polar surface area (TPSA) is 75.8 Å². The highest BCUT2D eigenvalue weighted by Gasteiger charge is 2.12. The standard InChI is InChI=1S/C19H30N6O.HI/c1-20-19(22-13-15-26-16-8-4-2-3-5-9-16)21-12-11-18-24-23-17-10-6-7-14-25(17)18;/h6-7,10,14,16H,2-5,8-9,11-13,15H2,1H3,(H2,20,21,22);1H. The number of fused-ring (bicyclic) bond motifs is 1. The van der Waals surface area contributed by atoms with Crippen LogP contribution in [0.3, 0.4) is 0 Å². The normalized spacial score (nSPS) is 16.0. The number of guanidine groups is 1. The maximum absolute atomic E-state index is 6.00. The molecule has 0 aromatic carbocycles. The summed E-state index contributed by atoms with van der Waals surface area (Å²) in [7, 11) is 1.79. The van der Waals surface area contributed by atoms with Gasteiger partial charge in [-0.05, 0) is 25.0 Å². The smallest absolute Gasteiger partial charge is 0.191 e. The zero-order valence-electron chi connectivity index (χ0n) is 16.1. The summed E-state index contributed by atoms with van der Waals surface area (Å²) in [5, 5.41) is 15.1. The molecular formula is C19H31IN6O. The molecule has 2 N–H and O–H groups in total. The van der Waals surface area contributed by atoms with Crippen LogP contribution >= 0.6 is 24.0 Å². The van der Waals surface area contributed by atoms with Gasteiger partial charge in [-0.3, -0.25) is 9.39 Å². The van der Waals surface area contributed by atoms with E-state index in [0.717, 1.165) is 43.5 Å². The fourth-order valence-electron chi connectivity index (χ4n) is 3.38. The van der Waals surface area contributed by atoms with Crippen LogP contribution in [0.15, 0.2) is 29.4 Å². The molecule has 2 aromatic rings. The zero-order valence-corrected chi connectivity index (χ0v) is 18.4. The van der Waals surface area contributed by atoms with Crippen LogP contribution in [0.4, 0.5) is 0 Å². The number of nitrogens with zero attached hydrogens (tertiary/aromatic N) is 4. The van der Waals surface area contributed by atoms with Crippen LogP contribution < -0.4 is 10.6 Å². The lowest BCUT2D eigenvalue weighted by atomic mass is 10.1. The van der Waals surface area contributed by atoms with E-state index in [1.54, 1.807) is 7.05 Å². The minimum absolute atomic E-state index is 0. The summed E-state index contributed by atoms with van der Waals surface area (Å²) in [5.74, 6) is 1.74. The van der Waals surface area contributed by atoms with E-state index < -0.39 is 0 Å². The molecule has 0 spiro atoms. The summed E-state index contributed by atoms with van der Waals surface area (Å²) in [6.45, 7) is 2.24. The SMILES string of the molecule is CN=C(NCCOC1CCCCCC1)NCCc1nnc2ccccn12.I. The van der Waals surface area contributed by atoms with Gasteiger partial charge in [0.1, 0.15) is 5.82 Å². The third-order valence-electron chi connectivity index (χ3n) is 4.80. The highest BCUT2D eigenvalue weighted by Crippen LogP contribution is 2.19. The number of rotatable bonds is 7. The molecule has 0 aliphatic heterocycles. The Hall–Kier alpha value is -1.42. The number of pyridine rings is 1. The van der Waals surface area contributed by atoms with Gasteiger partial charge in [-0.25, -0.2) is 0 Å².